The smallest absolute Gasteiger partial charge is 0.262 e. The lowest BCUT2D eigenvalue weighted by Gasteiger charge is -2.19. The SMILES string of the molecule is COc1ccccc1CN(C)C(=O)Cn1cnc2sccc2c1=O. The number of fused-ring (bicyclic) bond motifs is 1. The van der Waals surface area contributed by atoms with Crippen LogP contribution in [0.4, 0.5) is 0 Å². The molecule has 2 heterocycles. The highest BCUT2D eigenvalue weighted by molar-refractivity contribution is 7.16. The molecule has 0 saturated heterocycles. The first-order valence-corrected chi connectivity index (χ1v) is 8.26. The Kier molecular flexibility index (Phi) is 4.61. The number of hydrogen-bond donors (Lipinski definition) is 0. The molecule has 24 heavy (non-hydrogen) atoms. The van der Waals surface area contributed by atoms with Gasteiger partial charge in [-0.1, -0.05) is 18.2 Å². The molecule has 0 aliphatic carbocycles. The van der Waals surface area contributed by atoms with Crippen LogP contribution in [0.15, 0.2) is 46.8 Å². The second-order valence-corrected chi connectivity index (χ2v) is 6.27. The van der Waals surface area contributed by atoms with E-state index in [2.05, 4.69) is 4.98 Å². The van der Waals surface area contributed by atoms with Crippen LogP contribution in [0, 0.1) is 0 Å². The number of carbonyl (C=O) groups is 1. The molecule has 0 atom stereocenters. The van der Waals surface area contributed by atoms with Gasteiger partial charge < -0.3 is 9.64 Å². The fraction of sp³-hybridized carbons (Fsp3) is 0.235. The van der Waals surface area contributed by atoms with E-state index in [1.54, 1.807) is 25.1 Å². The summed E-state index contributed by atoms with van der Waals surface area (Å²) in [6.07, 6.45) is 1.43. The van der Waals surface area contributed by atoms with Gasteiger partial charge in [0.2, 0.25) is 5.91 Å². The van der Waals surface area contributed by atoms with E-state index in [0.717, 1.165) is 11.3 Å². The zero-order valence-corrected chi connectivity index (χ0v) is 14.2. The van der Waals surface area contributed by atoms with Crippen molar-refractivity contribution in [3.8, 4) is 5.75 Å². The summed E-state index contributed by atoms with van der Waals surface area (Å²) in [5.74, 6) is 0.565. The third-order valence-corrected chi connectivity index (χ3v) is 4.60. The van der Waals surface area contributed by atoms with Crippen molar-refractivity contribution in [1.29, 1.82) is 0 Å². The van der Waals surface area contributed by atoms with E-state index < -0.39 is 0 Å². The zero-order valence-electron chi connectivity index (χ0n) is 13.4. The molecular weight excluding hydrogens is 326 g/mol. The molecule has 0 unspecified atom stereocenters. The van der Waals surface area contributed by atoms with E-state index in [1.807, 2.05) is 29.6 Å². The number of carbonyl (C=O) groups excluding carboxylic acids is 1. The maximum atomic E-state index is 12.4. The van der Waals surface area contributed by atoms with Crippen molar-refractivity contribution in [3.63, 3.8) is 0 Å². The molecule has 0 radical (unpaired) electrons. The summed E-state index contributed by atoms with van der Waals surface area (Å²) >= 11 is 1.41. The van der Waals surface area contributed by atoms with Gasteiger partial charge in [0.15, 0.2) is 0 Å². The molecule has 0 bridgehead atoms. The summed E-state index contributed by atoms with van der Waals surface area (Å²) < 4.78 is 6.64. The number of aromatic nitrogens is 2. The molecular formula is C17H17N3O3S. The highest BCUT2D eigenvalue weighted by Crippen LogP contribution is 2.19. The van der Waals surface area contributed by atoms with Crippen LogP contribution in [-0.2, 0) is 17.9 Å². The molecule has 6 nitrogen and oxygen atoms in total. The maximum Gasteiger partial charge on any atom is 0.262 e. The molecule has 0 spiro atoms. The Morgan fingerprint density at radius 1 is 1.33 bits per heavy atom. The van der Waals surface area contributed by atoms with E-state index in [0.29, 0.717) is 16.8 Å². The number of ether oxygens (including phenoxy) is 1. The van der Waals surface area contributed by atoms with Crippen LogP contribution in [0.5, 0.6) is 5.75 Å². The lowest BCUT2D eigenvalue weighted by Crippen LogP contribution is -2.33. The molecule has 1 aromatic carbocycles. The van der Waals surface area contributed by atoms with E-state index >= 15 is 0 Å². The number of rotatable bonds is 5. The van der Waals surface area contributed by atoms with Crippen LogP contribution in [-0.4, -0.2) is 34.5 Å². The normalized spacial score (nSPS) is 10.8. The number of para-hydroxylation sites is 1. The minimum absolute atomic E-state index is 0.0384. The average molecular weight is 343 g/mol. The average Bonchev–Trinajstić information content (AvgIpc) is 3.07. The molecule has 124 valence electrons. The monoisotopic (exact) mass is 343 g/mol. The number of nitrogens with zero attached hydrogens (tertiary/aromatic N) is 3. The molecule has 0 aliphatic rings. The van der Waals surface area contributed by atoms with Crippen molar-refractivity contribution in [2.45, 2.75) is 13.1 Å². The fourth-order valence-electron chi connectivity index (χ4n) is 2.45. The molecule has 2 aromatic heterocycles. The second kappa shape index (κ2) is 6.84. The van der Waals surface area contributed by atoms with Crippen molar-refractivity contribution < 1.29 is 9.53 Å². The Morgan fingerprint density at radius 3 is 2.92 bits per heavy atom. The second-order valence-electron chi connectivity index (χ2n) is 5.38. The summed E-state index contributed by atoms with van der Waals surface area (Å²) in [7, 11) is 3.30. The summed E-state index contributed by atoms with van der Waals surface area (Å²) in [6, 6.07) is 9.27. The standard InChI is InChI=1S/C17H17N3O3S/c1-19(9-12-5-3-4-6-14(12)23-2)15(21)10-20-11-18-16-13(17(20)22)7-8-24-16/h3-8,11H,9-10H2,1-2H3. The van der Waals surface area contributed by atoms with Crippen LogP contribution in [0.3, 0.4) is 0 Å². The predicted molar refractivity (Wildman–Crippen MR) is 93.3 cm³/mol. The molecule has 3 rings (SSSR count). The largest absolute Gasteiger partial charge is 0.496 e. The van der Waals surface area contributed by atoms with Crippen LogP contribution >= 0.6 is 11.3 Å². The van der Waals surface area contributed by atoms with Crippen LogP contribution in [0.2, 0.25) is 0 Å². The lowest BCUT2D eigenvalue weighted by atomic mass is 10.2. The topological polar surface area (TPSA) is 64.4 Å². The molecule has 0 saturated carbocycles. The van der Waals surface area contributed by atoms with Crippen molar-refractivity contribution in [2.75, 3.05) is 14.2 Å². The fourth-order valence-corrected chi connectivity index (χ4v) is 3.17. The summed E-state index contributed by atoms with van der Waals surface area (Å²) in [5, 5.41) is 2.36. The minimum Gasteiger partial charge on any atom is -0.496 e. The van der Waals surface area contributed by atoms with Crippen LogP contribution < -0.4 is 10.3 Å². The van der Waals surface area contributed by atoms with E-state index in [4.69, 9.17) is 4.74 Å². The molecule has 7 heteroatoms. The van der Waals surface area contributed by atoms with Gasteiger partial charge in [-0.15, -0.1) is 11.3 Å². The quantitative estimate of drug-likeness (QED) is 0.712. The van der Waals surface area contributed by atoms with Gasteiger partial charge >= 0.3 is 0 Å². The van der Waals surface area contributed by atoms with Gasteiger partial charge in [0.25, 0.3) is 5.56 Å². The first-order chi connectivity index (χ1) is 11.6. The number of amides is 1. The van der Waals surface area contributed by atoms with Crippen LogP contribution in [0.25, 0.3) is 10.2 Å². The Bertz CT molecular complexity index is 932. The van der Waals surface area contributed by atoms with E-state index in [9.17, 15) is 9.59 Å². The molecule has 1 amide bonds. The Hall–Kier alpha value is -2.67. The first kappa shape index (κ1) is 16.2. The van der Waals surface area contributed by atoms with Gasteiger partial charge in [0, 0.05) is 19.2 Å². The maximum absolute atomic E-state index is 12.4. The number of benzene rings is 1. The number of thiophene rings is 1. The molecule has 0 N–H and O–H groups in total. The molecule has 0 fully saturated rings. The minimum atomic E-state index is -0.194. The van der Waals surface area contributed by atoms with Crippen LogP contribution in [0.1, 0.15) is 5.56 Å². The van der Waals surface area contributed by atoms with Gasteiger partial charge in [-0.3, -0.25) is 14.2 Å². The van der Waals surface area contributed by atoms with Gasteiger partial charge in [0.05, 0.1) is 18.8 Å². The van der Waals surface area contributed by atoms with E-state index in [1.165, 1.54) is 22.2 Å². The highest BCUT2D eigenvalue weighted by Gasteiger charge is 2.14. The Balaban J connectivity index is 1.76. The van der Waals surface area contributed by atoms with Gasteiger partial charge in [-0.25, -0.2) is 4.98 Å². The van der Waals surface area contributed by atoms with Gasteiger partial charge in [0.1, 0.15) is 17.1 Å². The highest BCUT2D eigenvalue weighted by atomic mass is 32.1. The third kappa shape index (κ3) is 3.16. The van der Waals surface area contributed by atoms with Crippen molar-refractivity contribution in [2.24, 2.45) is 0 Å². The van der Waals surface area contributed by atoms with Crippen molar-refractivity contribution in [1.82, 2.24) is 14.5 Å². The number of likely N-dealkylation sites (N-methyl/N-ethyl adjacent to an activating group) is 1. The molecule has 0 aliphatic heterocycles. The lowest BCUT2D eigenvalue weighted by molar-refractivity contribution is -0.131. The van der Waals surface area contributed by atoms with Crippen molar-refractivity contribution in [3.05, 3.63) is 58.0 Å². The van der Waals surface area contributed by atoms with Gasteiger partial charge in [-0.05, 0) is 17.5 Å². The number of methoxy groups -OCH3 is 1. The zero-order chi connectivity index (χ0) is 17.1. The number of hydrogen-bond acceptors (Lipinski definition) is 5. The summed E-state index contributed by atoms with van der Waals surface area (Å²) in [4.78, 5) is 31.3. The predicted octanol–water partition coefficient (Wildman–Crippen LogP) is 2.13. The first-order valence-electron chi connectivity index (χ1n) is 7.38. The Morgan fingerprint density at radius 2 is 2.12 bits per heavy atom. The van der Waals surface area contributed by atoms with Crippen molar-refractivity contribution >= 4 is 27.5 Å². The Labute approximate surface area is 142 Å². The summed E-state index contributed by atoms with van der Waals surface area (Å²) in [6.45, 7) is 0.370. The third-order valence-electron chi connectivity index (χ3n) is 3.78. The summed E-state index contributed by atoms with van der Waals surface area (Å²) in [5.41, 5.74) is 0.718. The molecule has 3 aromatic rings. The van der Waals surface area contributed by atoms with E-state index in [-0.39, 0.29) is 18.0 Å². The van der Waals surface area contributed by atoms with Gasteiger partial charge in [-0.2, -0.15) is 0 Å².